The van der Waals surface area contributed by atoms with Crippen molar-refractivity contribution in [2.24, 2.45) is 0 Å². The van der Waals surface area contributed by atoms with Gasteiger partial charge in [-0.05, 0) is 28.1 Å². The molecular weight excluding hydrogens is 262 g/mol. The average Bonchev–Trinajstić information content (AvgIpc) is 2.20. The van der Waals surface area contributed by atoms with E-state index in [4.69, 9.17) is 5.11 Å². The Morgan fingerprint density at radius 3 is 2.67 bits per heavy atom. The maximum atomic E-state index is 11.2. The number of rotatable bonds is 3. The van der Waals surface area contributed by atoms with E-state index in [9.17, 15) is 9.59 Å². The first kappa shape index (κ1) is 11.7. The lowest BCUT2D eigenvalue weighted by Gasteiger charge is -2.09. The van der Waals surface area contributed by atoms with Gasteiger partial charge >= 0.3 is 5.97 Å². The number of hydrogen-bond acceptors (Lipinski definition) is 2. The number of para-hydroxylation sites is 1. The van der Waals surface area contributed by atoms with Gasteiger partial charge < -0.3 is 10.4 Å². The summed E-state index contributed by atoms with van der Waals surface area (Å²) in [6, 6.07) is 4.73. The van der Waals surface area contributed by atoms with Crippen molar-refractivity contribution in [1.82, 2.24) is 0 Å². The normalized spacial score (nSPS) is 9.73. The van der Waals surface area contributed by atoms with E-state index < -0.39 is 5.97 Å². The summed E-state index contributed by atoms with van der Waals surface area (Å²) >= 11 is 3.20. The van der Waals surface area contributed by atoms with E-state index in [1.165, 1.54) is 6.07 Å². The largest absolute Gasteiger partial charge is 0.478 e. The van der Waals surface area contributed by atoms with E-state index in [-0.39, 0.29) is 11.5 Å². The first-order valence-electron chi connectivity index (χ1n) is 4.38. The van der Waals surface area contributed by atoms with Crippen LogP contribution in [-0.4, -0.2) is 17.0 Å². The summed E-state index contributed by atoms with van der Waals surface area (Å²) in [7, 11) is 0. The second-order valence-electron chi connectivity index (χ2n) is 2.87. The average molecular weight is 272 g/mol. The molecule has 0 aromatic heterocycles. The Morgan fingerprint density at radius 2 is 2.13 bits per heavy atom. The van der Waals surface area contributed by atoms with Crippen LogP contribution in [0.1, 0.15) is 23.7 Å². The SMILES string of the molecule is CCC(=O)Nc1c(Br)cccc1C(=O)O. The zero-order chi connectivity index (χ0) is 11.4. The highest BCUT2D eigenvalue weighted by Crippen LogP contribution is 2.26. The van der Waals surface area contributed by atoms with Gasteiger partial charge in [0.1, 0.15) is 0 Å². The highest BCUT2D eigenvalue weighted by atomic mass is 79.9. The topological polar surface area (TPSA) is 66.4 Å². The zero-order valence-corrected chi connectivity index (χ0v) is 9.67. The lowest BCUT2D eigenvalue weighted by Crippen LogP contribution is -2.13. The quantitative estimate of drug-likeness (QED) is 0.888. The fourth-order valence-electron chi connectivity index (χ4n) is 1.06. The van der Waals surface area contributed by atoms with Crippen molar-refractivity contribution in [2.75, 3.05) is 5.32 Å². The number of nitrogens with one attached hydrogen (secondary N) is 1. The molecule has 0 saturated carbocycles. The van der Waals surface area contributed by atoms with Gasteiger partial charge in [0.25, 0.3) is 0 Å². The van der Waals surface area contributed by atoms with Gasteiger partial charge in [-0.3, -0.25) is 4.79 Å². The number of amides is 1. The van der Waals surface area contributed by atoms with E-state index in [1.54, 1.807) is 19.1 Å². The molecule has 80 valence electrons. The van der Waals surface area contributed by atoms with Crippen LogP contribution >= 0.6 is 15.9 Å². The molecule has 0 spiro atoms. The van der Waals surface area contributed by atoms with E-state index >= 15 is 0 Å². The van der Waals surface area contributed by atoms with Crippen LogP contribution in [0.5, 0.6) is 0 Å². The molecule has 1 rings (SSSR count). The Morgan fingerprint density at radius 1 is 1.47 bits per heavy atom. The molecule has 0 aliphatic carbocycles. The summed E-state index contributed by atoms with van der Waals surface area (Å²) in [6.07, 6.45) is 0.306. The summed E-state index contributed by atoms with van der Waals surface area (Å²) in [4.78, 5) is 22.1. The van der Waals surface area contributed by atoms with Crippen LogP contribution in [0.3, 0.4) is 0 Å². The molecule has 0 fully saturated rings. The standard InChI is InChI=1S/C10H10BrNO3/c1-2-8(13)12-9-6(10(14)15)4-3-5-7(9)11/h3-5H,2H2,1H3,(H,12,13)(H,14,15). The Bertz CT molecular complexity index is 404. The van der Waals surface area contributed by atoms with Gasteiger partial charge in [0.15, 0.2) is 0 Å². The fraction of sp³-hybridized carbons (Fsp3) is 0.200. The second kappa shape index (κ2) is 4.93. The lowest BCUT2D eigenvalue weighted by atomic mass is 10.2. The molecule has 0 saturated heterocycles. The summed E-state index contributed by atoms with van der Waals surface area (Å²) in [6.45, 7) is 1.70. The Kier molecular flexibility index (Phi) is 3.85. The molecule has 0 aliphatic heterocycles. The van der Waals surface area contributed by atoms with Crippen molar-refractivity contribution in [3.8, 4) is 0 Å². The first-order chi connectivity index (χ1) is 7.06. The third-order valence-corrected chi connectivity index (χ3v) is 2.49. The first-order valence-corrected chi connectivity index (χ1v) is 5.17. The van der Waals surface area contributed by atoms with Crippen molar-refractivity contribution in [1.29, 1.82) is 0 Å². The van der Waals surface area contributed by atoms with Gasteiger partial charge in [-0.2, -0.15) is 0 Å². The predicted octanol–water partition coefficient (Wildman–Crippen LogP) is 2.50. The molecule has 0 radical (unpaired) electrons. The van der Waals surface area contributed by atoms with Gasteiger partial charge in [0.2, 0.25) is 5.91 Å². The smallest absolute Gasteiger partial charge is 0.337 e. The van der Waals surface area contributed by atoms with Crippen molar-refractivity contribution in [2.45, 2.75) is 13.3 Å². The third kappa shape index (κ3) is 2.79. The van der Waals surface area contributed by atoms with Crippen LogP contribution in [-0.2, 0) is 4.79 Å². The van der Waals surface area contributed by atoms with Gasteiger partial charge in [0, 0.05) is 10.9 Å². The molecule has 1 amide bonds. The van der Waals surface area contributed by atoms with Crippen LogP contribution in [0, 0.1) is 0 Å². The number of benzene rings is 1. The van der Waals surface area contributed by atoms with Crippen molar-refractivity contribution in [3.05, 3.63) is 28.2 Å². The molecule has 0 aliphatic rings. The molecule has 4 nitrogen and oxygen atoms in total. The minimum absolute atomic E-state index is 0.0752. The van der Waals surface area contributed by atoms with Crippen molar-refractivity contribution in [3.63, 3.8) is 0 Å². The van der Waals surface area contributed by atoms with Crippen molar-refractivity contribution < 1.29 is 14.7 Å². The number of anilines is 1. The highest BCUT2D eigenvalue weighted by Gasteiger charge is 2.14. The molecule has 0 bridgehead atoms. The summed E-state index contributed by atoms with van der Waals surface area (Å²) in [5.41, 5.74) is 0.378. The van der Waals surface area contributed by atoms with Gasteiger partial charge in [0.05, 0.1) is 11.3 Å². The number of aromatic carboxylic acids is 1. The molecule has 1 aromatic carbocycles. The molecule has 5 heteroatoms. The number of hydrogen-bond donors (Lipinski definition) is 2. The van der Waals surface area contributed by atoms with Crippen molar-refractivity contribution >= 4 is 33.5 Å². The van der Waals surface area contributed by atoms with E-state index in [0.29, 0.717) is 16.6 Å². The number of halogens is 1. The molecular formula is C10H10BrNO3. The van der Waals surface area contributed by atoms with Crippen LogP contribution in [0.2, 0.25) is 0 Å². The van der Waals surface area contributed by atoms with Crippen LogP contribution in [0.25, 0.3) is 0 Å². The maximum absolute atomic E-state index is 11.2. The summed E-state index contributed by atoms with van der Waals surface area (Å²) < 4.78 is 0.559. The Hall–Kier alpha value is -1.36. The number of carbonyl (C=O) groups excluding carboxylic acids is 1. The maximum Gasteiger partial charge on any atom is 0.337 e. The number of carbonyl (C=O) groups is 2. The predicted molar refractivity (Wildman–Crippen MR) is 60.0 cm³/mol. The number of carboxylic acid groups (broad SMARTS) is 1. The van der Waals surface area contributed by atoms with Crippen LogP contribution in [0.4, 0.5) is 5.69 Å². The van der Waals surface area contributed by atoms with Crippen LogP contribution in [0.15, 0.2) is 22.7 Å². The van der Waals surface area contributed by atoms with Gasteiger partial charge in [-0.15, -0.1) is 0 Å². The Labute approximate surface area is 95.4 Å². The molecule has 0 atom stereocenters. The minimum Gasteiger partial charge on any atom is -0.478 e. The molecule has 2 N–H and O–H groups in total. The monoisotopic (exact) mass is 271 g/mol. The van der Waals surface area contributed by atoms with Gasteiger partial charge in [-0.25, -0.2) is 4.79 Å². The molecule has 0 unspecified atom stereocenters. The highest BCUT2D eigenvalue weighted by molar-refractivity contribution is 9.10. The van der Waals surface area contributed by atoms with E-state index in [1.807, 2.05) is 0 Å². The van der Waals surface area contributed by atoms with Crippen LogP contribution < -0.4 is 5.32 Å². The lowest BCUT2D eigenvalue weighted by molar-refractivity contribution is -0.115. The molecule has 1 aromatic rings. The fourth-order valence-corrected chi connectivity index (χ4v) is 1.52. The molecule has 15 heavy (non-hydrogen) atoms. The number of carboxylic acids is 1. The zero-order valence-electron chi connectivity index (χ0n) is 8.08. The second-order valence-corrected chi connectivity index (χ2v) is 3.72. The molecule has 0 heterocycles. The minimum atomic E-state index is -1.07. The van der Waals surface area contributed by atoms with Gasteiger partial charge in [-0.1, -0.05) is 13.0 Å². The summed E-state index contributed by atoms with van der Waals surface area (Å²) in [5, 5.41) is 11.4. The summed E-state index contributed by atoms with van der Waals surface area (Å²) in [5.74, 6) is -1.29. The van der Waals surface area contributed by atoms with E-state index in [2.05, 4.69) is 21.2 Å². The van der Waals surface area contributed by atoms with E-state index in [0.717, 1.165) is 0 Å². The Balaban J connectivity index is 3.13. The third-order valence-electron chi connectivity index (χ3n) is 1.83.